The molecule has 0 fully saturated rings. The highest BCUT2D eigenvalue weighted by molar-refractivity contribution is 7.04. The molecule has 68 valence electrons. The smallest absolute Gasteiger partial charge is 0.260 e. The third-order valence-electron chi connectivity index (χ3n) is 1.86. The summed E-state index contributed by atoms with van der Waals surface area (Å²) in [7, 11) is 0. The van der Waals surface area contributed by atoms with Crippen LogP contribution in [0.25, 0.3) is 0 Å². The Kier molecular flexibility index (Phi) is 4.08. The van der Waals surface area contributed by atoms with Crippen LogP contribution in [0.4, 0.5) is 0 Å². The zero-order valence-electron chi connectivity index (χ0n) is 7.45. The Hall–Kier alpha value is -0.570. The molecule has 1 aromatic heterocycles. The molecule has 0 radical (unpaired) electrons. The van der Waals surface area contributed by atoms with E-state index in [-0.39, 0.29) is 5.56 Å². The molecular weight excluding hydrogens is 170 g/mol. The monoisotopic (exact) mass is 185 g/mol. The summed E-state index contributed by atoms with van der Waals surface area (Å²) in [5.41, 5.74) is 0.150. The molecule has 0 N–H and O–H groups in total. The second-order valence-electron chi connectivity index (χ2n) is 2.91. The number of aryl methyl sites for hydroxylation is 1. The summed E-state index contributed by atoms with van der Waals surface area (Å²) in [6, 6.07) is 1.63. The van der Waals surface area contributed by atoms with Crippen LogP contribution in [0.3, 0.4) is 0 Å². The molecule has 0 aliphatic carbocycles. The zero-order chi connectivity index (χ0) is 8.81. The summed E-state index contributed by atoms with van der Waals surface area (Å²) in [5, 5.41) is 1.85. The maximum atomic E-state index is 11.1. The average molecular weight is 185 g/mol. The van der Waals surface area contributed by atoms with Crippen molar-refractivity contribution in [1.82, 2.24) is 3.96 Å². The van der Waals surface area contributed by atoms with Crippen LogP contribution >= 0.6 is 11.5 Å². The average Bonchev–Trinajstić information content (AvgIpc) is 2.46. The molecule has 0 aliphatic rings. The molecule has 1 aromatic rings. The molecule has 2 nitrogen and oxygen atoms in total. The summed E-state index contributed by atoms with van der Waals surface area (Å²) in [6.07, 6.45) is 4.90. The van der Waals surface area contributed by atoms with E-state index >= 15 is 0 Å². The third-order valence-corrected chi connectivity index (χ3v) is 2.73. The molecule has 0 amide bonds. The molecule has 0 aliphatic heterocycles. The van der Waals surface area contributed by atoms with E-state index in [9.17, 15) is 4.79 Å². The SMILES string of the molecule is CCCCCCn1sccc1=O. The van der Waals surface area contributed by atoms with Gasteiger partial charge in [-0.3, -0.25) is 8.75 Å². The van der Waals surface area contributed by atoms with Crippen molar-refractivity contribution in [2.24, 2.45) is 0 Å². The maximum absolute atomic E-state index is 11.1. The van der Waals surface area contributed by atoms with Crippen LogP contribution in [0.15, 0.2) is 16.2 Å². The highest BCUT2D eigenvalue weighted by atomic mass is 32.1. The van der Waals surface area contributed by atoms with Gasteiger partial charge in [0.1, 0.15) is 0 Å². The minimum Gasteiger partial charge on any atom is -0.268 e. The minimum absolute atomic E-state index is 0.150. The molecule has 3 heteroatoms. The van der Waals surface area contributed by atoms with Crippen LogP contribution in [0, 0.1) is 0 Å². The number of aromatic nitrogens is 1. The fourth-order valence-corrected chi connectivity index (χ4v) is 1.87. The predicted octanol–water partition coefficient (Wildman–Crippen LogP) is 2.49. The van der Waals surface area contributed by atoms with E-state index < -0.39 is 0 Å². The normalized spacial score (nSPS) is 10.4. The second-order valence-corrected chi connectivity index (χ2v) is 3.83. The molecule has 0 saturated heterocycles. The lowest BCUT2D eigenvalue weighted by molar-refractivity contribution is 0.599. The summed E-state index contributed by atoms with van der Waals surface area (Å²) in [5.74, 6) is 0. The summed E-state index contributed by atoms with van der Waals surface area (Å²) >= 11 is 1.51. The van der Waals surface area contributed by atoms with Gasteiger partial charge in [0.05, 0.1) is 0 Å². The number of nitrogens with zero attached hydrogens (tertiary/aromatic N) is 1. The van der Waals surface area contributed by atoms with Crippen molar-refractivity contribution >= 4 is 11.5 Å². The van der Waals surface area contributed by atoms with Gasteiger partial charge >= 0.3 is 0 Å². The van der Waals surface area contributed by atoms with Crippen LogP contribution in [-0.2, 0) is 6.54 Å². The first kappa shape index (κ1) is 9.52. The molecule has 0 atom stereocenters. The van der Waals surface area contributed by atoms with E-state index in [1.165, 1.54) is 30.8 Å². The molecule has 1 heterocycles. The van der Waals surface area contributed by atoms with Gasteiger partial charge in [0, 0.05) is 18.0 Å². The van der Waals surface area contributed by atoms with E-state index in [0.717, 1.165) is 13.0 Å². The van der Waals surface area contributed by atoms with Crippen LogP contribution in [0.2, 0.25) is 0 Å². The fourth-order valence-electron chi connectivity index (χ4n) is 1.14. The van der Waals surface area contributed by atoms with Gasteiger partial charge < -0.3 is 0 Å². The van der Waals surface area contributed by atoms with E-state index in [2.05, 4.69) is 6.92 Å². The summed E-state index contributed by atoms with van der Waals surface area (Å²) in [4.78, 5) is 11.1. The van der Waals surface area contributed by atoms with Gasteiger partial charge in [0.25, 0.3) is 5.56 Å². The Bertz CT molecular complexity index is 263. The fraction of sp³-hybridized carbons (Fsp3) is 0.667. The third kappa shape index (κ3) is 2.81. The molecule has 0 unspecified atom stereocenters. The molecule has 12 heavy (non-hydrogen) atoms. The highest BCUT2D eigenvalue weighted by Gasteiger charge is 1.95. The Morgan fingerprint density at radius 2 is 2.25 bits per heavy atom. The van der Waals surface area contributed by atoms with Crippen LogP contribution < -0.4 is 5.56 Å². The quantitative estimate of drug-likeness (QED) is 0.646. The van der Waals surface area contributed by atoms with Crippen molar-refractivity contribution in [2.45, 2.75) is 39.2 Å². The molecule has 0 aromatic carbocycles. The highest BCUT2D eigenvalue weighted by Crippen LogP contribution is 2.02. The van der Waals surface area contributed by atoms with Crippen molar-refractivity contribution < 1.29 is 0 Å². The van der Waals surface area contributed by atoms with E-state index in [1.807, 2.05) is 9.34 Å². The maximum Gasteiger partial charge on any atom is 0.260 e. The van der Waals surface area contributed by atoms with E-state index in [1.54, 1.807) is 6.07 Å². The van der Waals surface area contributed by atoms with Crippen molar-refractivity contribution in [3.05, 3.63) is 21.8 Å². The van der Waals surface area contributed by atoms with Gasteiger partial charge in [-0.2, -0.15) is 0 Å². The topological polar surface area (TPSA) is 22.0 Å². The number of hydrogen-bond acceptors (Lipinski definition) is 2. The Labute approximate surface area is 77.0 Å². The first-order valence-electron chi connectivity index (χ1n) is 4.49. The van der Waals surface area contributed by atoms with Gasteiger partial charge in [-0.05, 0) is 6.42 Å². The van der Waals surface area contributed by atoms with Crippen molar-refractivity contribution in [3.63, 3.8) is 0 Å². The lowest BCUT2D eigenvalue weighted by Gasteiger charge is -1.98. The summed E-state index contributed by atoms with van der Waals surface area (Å²) < 4.78 is 1.82. The Morgan fingerprint density at radius 1 is 1.42 bits per heavy atom. The lowest BCUT2D eigenvalue weighted by atomic mass is 10.2. The van der Waals surface area contributed by atoms with Crippen LogP contribution in [0.1, 0.15) is 32.6 Å². The molecule has 0 spiro atoms. The lowest BCUT2D eigenvalue weighted by Crippen LogP contribution is -2.11. The van der Waals surface area contributed by atoms with Crippen LogP contribution in [-0.4, -0.2) is 3.96 Å². The van der Waals surface area contributed by atoms with Crippen molar-refractivity contribution in [3.8, 4) is 0 Å². The van der Waals surface area contributed by atoms with E-state index in [4.69, 9.17) is 0 Å². The Balaban J connectivity index is 2.24. The van der Waals surface area contributed by atoms with Crippen LogP contribution in [0.5, 0.6) is 0 Å². The number of unbranched alkanes of at least 4 members (excludes halogenated alkanes) is 3. The largest absolute Gasteiger partial charge is 0.268 e. The number of rotatable bonds is 5. The second kappa shape index (κ2) is 5.14. The van der Waals surface area contributed by atoms with Gasteiger partial charge in [-0.1, -0.05) is 37.7 Å². The summed E-state index contributed by atoms with van der Waals surface area (Å²) in [6.45, 7) is 3.09. The zero-order valence-corrected chi connectivity index (χ0v) is 8.27. The first-order chi connectivity index (χ1) is 5.84. The van der Waals surface area contributed by atoms with Gasteiger partial charge in [-0.25, -0.2) is 0 Å². The van der Waals surface area contributed by atoms with Crippen molar-refractivity contribution in [1.29, 1.82) is 0 Å². The predicted molar refractivity (Wildman–Crippen MR) is 52.7 cm³/mol. The Morgan fingerprint density at radius 3 is 2.83 bits per heavy atom. The first-order valence-corrected chi connectivity index (χ1v) is 5.33. The molecule has 0 bridgehead atoms. The standard InChI is InChI=1S/C9H15NOS/c1-2-3-4-5-7-10-9(11)6-8-12-10/h6,8H,2-5,7H2,1H3. The van der Waals surface area contributed by atoms with Crippen molar-refractivity contribution in [2.75, 3.05) is 0 Å². The van der Waals surface area contributed by atoms with Gasteiger partial charge in [-0.15, -0.1) is 0 Å². The van der Waals surface area contributed by atoms with E-state index in [0.29, 0.717) is 0 Å². The van der Waals surface area contributed by atoms with Gasteiger partial charge in [0.2, 0.25) is 0 Å². The number of hydrogen-bond donors (Lipinski definition) is 0. The molecule has 0 saturated carbocycles. The molecule has 1 rings (SSSR count). The molecular formula is C9H15NOS. The minimum atomic E-state index is 0.150. The van der Waals surface area contributed by atoms with Gasteiger partial charge in [0.15, 0.2) is 0 Å².